The summed E-state index contributed by atoms with van der Waals surface area (Å²) < 4.78 is 0. The predicted molar refractivity (Wildman–Crippen MR) is 87.6 cm³/mol. The minimum absolute atomic E-state index is 0. The molecule has 0 aromatic rings. The molecule has 0 aliphatic carbocycles. The van der Waals surface area contributed by atoms with Crippen molar-refractivity contribution < 1.29 is 9.59 Å². The van der Waals surface area contributed by atoms with Crippen molar-refractivity contribution in [3.05, 3.63) is 0 Å². The van der Waals surface area contributed by atoms with Crippen molar-refractivity contribution in [3.8, 4) is 0 Å². The van der Waals surface area contributed by atoms with Crippen molar-refractivity contribution in [1.29, 1.82) is 0 Å². The zero-order valence-corrected chi connectivity index (χ0v) is 14.1. The van der Waals surface area contributed by atoms with Crippen LogP contribution in [0.1, 0.15) is 46.0 Å². The van der Waals surface area contributed by atoms with Crippen molar-refractivity contribution in [2.75, 3.05) is 32.7 Å². The molecule has 0 bridgehead atoms. The lowest BCUT2D eigenvalue weighted by atomic mass is 10.0. The summed E-state index contributed by atoms with van der Waals surface area (Å²) in [4.78, 5) is 25.7. The Balaban J connectivity index is 0.00000400. The molecule has 1 heterocycles. The molecule has 0 saturated carbocycles. The second kappa shape index (κ2) is 11.8. The summed E-state index contributed by atoms with van der Waals surface area (Å²) in [6.07, 6.45) is 4.47. The van der Waals surface area contributed by atoms with Gasteiger partial charge in [-0.2, -0.15) is 0 Å². The van der Waals surface area contributed by atoms with Crippen LogP contribution < -0.4 is 10.6 Å². The molecule has 0 aromatic carbocycles. The lowest BCUT2D eigenvalue weighted by molar-refractivity contribution is -0.136. The Hall–Kier alpha value is -0.810. The minimum Gasteiger partial charge on any atom is -0.355 e. The topological polar surface area (TPSA) is 61.4 Å². The summed E-state index contributed by atoms with van der Waals surface area (Å²) in [5.74, 6) is 0.693. The van der Waals surface area contributed by atoms with E-state index in [1.54, 1.807) is 4.90 Å². The number of carbonyl (C=O) groups excluding carboxylic acids is 2. The highest BCUT2D eigenvalue weighted by atomic mass is 35.5. The molecular weight excluding hydrogens is 290 g/mol. The zero-order chi connectivity index (χ0) is 14.8. The highest BCUT2D eigenvalue weighted by Gasteiger charge is 2.19. The third-order valence-electron chi connectivity index (χ3n) is 3.68. The van der Waals surface area contributed by atoms with Gasteiger partial charge in [-0.25, -0.2) is 0 Å². The Morgan fingerprint density at radius 1 is 1.29 bits per heavy atom. The van der Waals surface area contributed by atoms with E-state index in [2.05, 4.69) is 10.6 Å². The van der Waals surface area contributed by atoms with Crippen molar-refractivity contribution in [2.45, 2.75) is 46.0 Å². The maximum atomic E-state index is 12.2. The highest BCUT2D eigenvalue weighted by Crippen LogP contribution is 2.15. The maximum Gasteiger partial charge on any atom is 0.239 e. The molecule has 1 unspecified atom stereocenters. The minimum atomic E-state index is -0.0452. The van der Waals surface area contributed by atoms with Gasteiger partial charge in [-0.15, -0.1) is 12.4 Å². The van der Waals surface area contributed by atoms with Crippen LogP contribution in [0.4, 0.5) is 0 Å². The number of amides is 2. The van der Waals surface area contributed by atoms with Crippen LogP contribution in [-0.4, -0.2) is 49.4 Å². The van der Waals surface area contributed by atoms with Gasteiger partial charge >= 0.3 is 0 Å². The summed E-state index contributed by atoms with van der Waals surface area (Å²) in [5.41, 5.74) is 0. The molecular formula is C15H30ClN3O2. The van der Waals surface area contributed by atoms with Gasteiger partial charge in [0.15, 0.2) is 0 Å². The number of halogens is 1. The van der Waals surface area contributed by atoms with E-state index < -0.39 is 0 Å². The Morgan fingerprint density at radius 3 is 2.62 bits per heavy atom. The lowest BCUT2D eigenvalue weighted by Gasteiger charge is -2.22. The summed E-state index contributed by atoms with van der Waals surface area (Å²) in [6, 6.07) is 0. The second-order valence-electron chi connectivity index (χ2n) is 5.56. The van der Waals surface area contributed by atoms with Crippen molar-refractivity contribution in [2.24, 2.45) is 5.92 Å². The fourth-order valence-corrected chi connectivity index (χ4v) is 2.50. The number of carbonyl (C=O) groups is 2. The predicted octanol–water partition coefficient (Wildman–Crippen LogP) is 1.56. The summed E-state index contributed by atoms with van der Waals surface area (Å²) in [6.45, 7) is 7.70. The zero-order valence-electron chi connectivity index (χ0n) is 13.3. The van der Waals surface area contributed by atoms with E-state index in [1.165, 1.54) is 0 Å². The first kappa shape index (κ1) is 20.2. The number of rotatable bonds is 9. The van der Waals surface area contributed by atoms with Crippen molar-refractivity contribution in [1.82, 2.24) is 15.5 Å². The summed E-state index contributed by atoms with van der Waals surface area (Å²) in [5, 5.41) is 6.15. The average Bonchev–Trinajstić information content (AvgIpc) is 2.95. The van der Waals surface area contributed by atoms with Crippen molar-refractivity contribution >= 4 is 24.2 Å². The Labute approximate surface area is 134 Å². The van der Waals surface area contributed by atoms with Crippen LogP contribution in [0.3, 0.4) is 0 Å². The van der Waals surface area contributed by atoms with Gasteiger partial charge in [0.1, 0.15) is 0 Å². The second-order valence-corrected chi connectivity index (χ2v) is 5.56. The Morgan fingerprint density at radius 2 is 2.05 bits per heavy atom. The molecule has 1 atom stereocenters. The van der Waals surface area contributed by atoms with Gasteiger partial charge in [-0.1, -0.05) is 13.8 Å². The van der Waals surface area contributed by atoms with Gasteiger partial charge in [-0.05, 0) is 44.7 Å². The smallest absolute Gasteiger partial charge is 0.239 e. The fourth-order valence-electron chi connectivity index (χ4n) is 2.50. The Kier molecular flexibility index (Phi) is 11.4. The van der Waals surface area contributed by atoms with Gasteiger partial charge in [0, 0.05) is 19.5 Å². The molecule has 1 aliphatic rings. The number of hydrogen-bond donors (Lipinski definition) is 2. The van der Waals surface area contributed by atoms with Gasteiger partial charge in [0.2, 0.25) is 11.8 Å². The highest BCUT2D eigenvalue weighted by molar-refractivity contribution is 5.85. The number of nitrogens with zero attached hydrogens (tertiary/aromatic N) is 1. The summed E-state index contributed by atoms with van der Waals surface area (Å²) >= 11 is 0. The molecule has 21 heavy (non-hydrogen) atoms. The van der Waals surface area contributed by atoms with Crippen LogP contribution in [0, 0.1) is 5.92 Å². The average molecular weight is 320 g/mol. The van der Waals surface area contributed by atoms with Crippen LogP contribution in [0.25, 0.3) is 0 Å². The van der Waals surface area contributed by atoms with Gasteiger partial charge < -0.3 is 15.5 Å². The first-order valence-electron chi connectivity index (χ1n) is 7.92. The third-order valence-corrected chi connectivity index (χ3v) is 3.68. The molecule has 1 fully saturated rings. The van der Waals surface area contributed by atoms with E-state index >= 15 is 0 Å². The molecule has 0 spiro atoms. The molecule has 1 aliphatic heterocycles. The molecule has 2 amide bonds. The van der Waals surface area contributed by atoms with Gasteiger partial charge in [-0.3, -0.25) is 9.59 Å². The normalized spacial score (nSPS) is 17.1. The molecule has 124 valence electrons. The molecule has 0 aromatic heterocycles. The molecule has 2 N–H and O–H groups in total. The van der Waals surface area contributed by atoms with Crippen LogP contribution >= 0.6 is 12.4 Å². The molecule has 5 nitrogen and oxygen atoms in total. The third kappa shape index (κ3) is 8.27. The van der Waals surface area contributed by atoms with E-state index in [9.17, 15) is 9.59 Å². The first-order chi connectivity index (χ1) is 9.67. The summed E-state index contributed by atoms with van der Waals surface area (Å²) in [7, 11) is 0. The van der Waals surface area contributed by atoms with E-state index in [1.807, 2.05) is 13.8 Å². The van der Waals surface area contributed by atoms with E-state index in [-0.39, 0.29) is 30.8 Å². The van der Waals surface area contributed by atoms with Crippen LogP contribution in [0.15, 0.2) is 0 Å². The van der Waals surface area contributed by atoms with E-state index in [0.717, 1.165) is 38.8 Å². The largest absolute Gasteiger partial charge is 0.355 e. The fraction of sp³-hybridized carbons (Fsp3) is 0.867. The molecule has 0 radical (unpaired) electrons. The number of hydrogen-bond acceptors (Lipinski definition) is 3. The van der Waals surface area contributed by atoms with Gasteiger partial charge in [0.05, 0.1) is 6.54 Å². The standard InChI is InChI=1S/C15H29N3O2.ClH/c1-3-8-17-14(19)12-18(10-4-2)15(20)6-5-13-7-9-16-11-13;/h13,16H,3-12H2,1-2H3,(H,17,19);1H. The molecule has 1 rings (SSSR count). The lowest BCUT2D eigenvalue weighted by Crippen LogP contribution is -2.41. The van der Waals surface area contributed by atoms with Gasteiger partial charge in [0.25, 0.3) is 0 Å². The first-order valence-corrected chi connectivity index (χ1v) is 7.92. The maximum absolute atomic E-state index is 12.2. The van der Waals surface area contributed by atoms with Crippen LogP contribution in [0.2, 0.25) is 0 Å². The van der Waals surface area contributed by atoms with Crippen LogP contribution in [-0.2, 0) is 9.59 Å². The molecule has 6 heteroatoms. The van der Waals surface area contributed by atoms with E-state index in [0.29, 0.717) is 25.4 Å². The number of nitrogens with one attached hydrogen (secondary N) is 2. The molecule has 1 saturated heterocycles. The monoisotopic (exact) mass is 319 g/mol. The quantitative estimate of drug-likeness (QED) is 0.678. The Bertz CT molecular complexity index is 307. The SMILES string of the molecule is CCCNC(=O)CN(CCC)C(=O)CCC1CCNC1.Cl. The van der Waals surface area contributed by atoms with Crippen molar-refractivity contribution in [3.63, 3.8) is 0 Å². The van der Waals surface area contributed by atoms with E-state index in [4.69, 9.17) is 0 Å². The van der Waals surface area contributed by atoms with Crippen LogP contribution in [0.5, 0.6) is 0 Å².